The highest BCUT2D eigenvalue weighted by Crippen LogP contribution is 2.23. The molecule has 23 heavy (non-hydrogen) atoms. The van der Waals surface area contributed by atoms with E-state index in [2.05, 4.69) is 18.7 Å². The van der Waals surface area contributed by atoms with Crippen LogP contribution < -0.4 is 0 Å². The predicted molar refractivity (Wildman–Crippen MR) is 90.0 cm³/mol. The molecular formula is C16H30N2O4S. The second-order valence-electron chi connectivity index (χ2n) is 7.42. The van der Waals surface area contributed by atoms with Crippen LogP contribution in [0.2, 0.25) is 0 Å². The van der Waals surface area contributed by atoms with E-state index in [4.69, 9.17) is 4.74 Å². The molecule has 0 aromatic carbocycles. The third-order valence-corrected chi connectivity index (χ3v) is 6.38. The van der Waals surface area contributed by atoms with Gasteiger partial charge in [-0.25, -0.2) is 8.42 Å². The van der Waals surface area contributed by atoms with Gasteiger partial charge in [-0.3, -0.25) is 9.69 Å². The van der Waals surface area contributed by atoms with Crippen molar-refractivity contribution in [1.82, 2.24) is 9.80 Å². The standard InChI is InChI=1S/C16H30N2O4S/c1-11(2)15(18-8-12(3)22-13(4)9-18)16(19)17-7-6-14(10-17)23(5,20)21/h11-15H,6-10H2,1-5H3. The molecule has 4 atom stereocenters. The van der Waals surface area contributed by atoms with Crippen LogP contribution >= 0.6 is 0 Å². The third-order valence-electron chi connectivity index (χ3n) is 4.79. The Bertz CT molecular complexity index is 524. The topological polar surface area (TPSA) is 66.9 Å². The summed E-state index contributed by atoms with van der Waals surface area (Å²) in [6, 6.07) is -0.206. The summed E-state index contributed by atoms with van der Waals surface area (Å²) in [5.74, 6) is 0.240. The second-order valence-corrected chi connectivity index (χ2v) is 9.75. The van der Waals surface area contributed by atoms with Gasteiger partial charge in [0.05, 0.1) is 23.5 Å². The number of morpholine rings is 1. The first-order chi connectivity index (χ1) is 10.6. The number of ether oxygens (including phenoxy) is 1. The summed E-state index contributed by atoms with van der Waals surface area (Å²) in [5, 5.41) is -0.415. The molecule has 2 fully saturated rings. The van der Waals surface area contributed by atoms with Crippen LogP contribution in [0.25, 0.3) is 0 Å². The molecule has 2 aliphatic heterocycles. The zero-order valence-electron chi connectivity index (χ0n) is 14.9. The van der Waals surface area contributed by atoms with E-state index >= 15 is 0 Å². The Morgan fingerprint density at radius 1 is 1.13 bits per heavy atom. The number of nitrogens with zero attached hydrogens (tertiary/aromatic N) is 2. The molecule has 6 nitrogen and oxygen atoms in total. The van der Waals surface area contributed by atoms with Crippen LogP contribution in [0.4, 0.5) is 0 Å². The van der Waals surface area contributed by atoms with Crippen molar-refractivity contribution in [1.29, 1.82) is 0 Å². The molecule has 4 unspecified atom stereocenters. The molecule has 2 rings (SSSR count). The molecule has 0 saturated carbocycles. The summed E-state index contributed by atoms with van der Waals surface area (Å²) in [5.41, 5.74) is 0. The van der Waals surface area contributed by atoms with E-state index in [1.165, 1.54) is 6.26 Å². The molecule has 0 radical (unpaired) electrons. The van der Waals surface area contributed by atoms with Gasteiger partial charge >= 0.3 is 0 Å². The van der Waals surface area contributed by atoms with Crippen LogP contribution in [0, 0.1) is 5.92 Å². The fourth-order valence-corrected chi connectivity index (χ4v) is 4.76. The zero-order chi connectivity index (χ0) is 17.4. The van der Waals surface area contributed by atoms with Crippen molar-refractivity contribution in [3.63, 3.8) is 0 Å². The molecule has 134 valence electrons. The molecule has 0 N–H and O–H groups in total. The number of amides is 1. The first kappa shape index (κ1) is 18.7. The maximum atomic E-state index is 13.0. The monoisotopic (exact) mass is 346 g/mol. The first-order valence-electron chi connectivity index (χ1n) is 8.46. The Morgan fingerprint density at radius 3 is 2.13 bits per heavy atom. The van der Waals surface area contributed by atoms with Crippen molar-refractivity contribution >= 4 is 15.7 Å². The molecule has 2 aliphatic rings. The predicted octanol–water partition coefficient (Wildman–Crippen LogP) is 0.766. The van der Waals surface area contributed by atoms with Gasteiger partial charge in [0, 0.05) is 32.4 Å². The van der Waals surface area contributed by atoms with Gasteiger partial charge in [-0.05, 0) is 26.2 Å². The Kier molecular flexibility index (Phi) is 5.74. The minimum Gasteiger partial charge on any atom is -0.373 e. The zero-order valence-corrected chi connectivity index (χ0v) is 15.7. The number of rotatable bonds is 4. The van der Waals surface area contributed by atoms with E-state index in [0.29, 0.717) is 19.5 Å². The maximum absolute atomic E-state index is 13.0. The Morgan fingerprint density at radius 2 is 1.70 bits per heavy atom. The molecule has 0 aromatic heterocycles. The molecule has 2 saturated heterocycles. The summed E-state index contributed by atoms with van der Waals surface area (Å²) in [4.78, 5) is 17.0. The summed E-state index contributed by atoms with van der Waals surface area (Å²) in [6.07, 6.45) is 2.02. The number of carbonyl (C=O) groups excluding carboxylic acids is 1. The van der Waals surface area contributed by atoms with Gasteiger partial charge in [0.2, 0.25) is 5.91 Å². The first-order valence-corrected chi connectivity index (χ1v) is 10.4. The van der Waals surface area contributed by atoms with Crippen LogP contribution in [0.3, 0.4) is 0 Å². The highest BCUT2D eigenvalue weighted by Gasteiger charge is 2.40. The van der Waals surface area contributed by atoms with Crippen molar-refractivity contribution in [3.05, 3.63) is 0 Å². The molecular weight excluding hydrogens is 316 g/mol. The van der Waals surface area contributed by atoms with E-state index in [9.17, 15) is 13.2 Å². The van der Waals surface area contributed by atoms with Crippen LogP contribution in [0.5, 0.6) is 0 Å². The lowest BCUT2D eigenvalue weighted by molar-refractivity contribution is -0.144. The smallest absolute Gasteiger partial charge is 0.240 e. The molecule has 1 amide bonds. The minimum absolute atomic E-state index is 0.0625. The van der Waals surface area contributed by atoms with Gasteiger partial charge in [-0.2, -0.15) is 0 Å². The summed E-state index contributed by atoms with van der Waals surface area (Å²) >= 11 is 0. The molecule has 2 heterocycles. The highest BCUT2D eigenvalue weighted by molar-refractivity contribution is 7.91. The van der Waals surface area contributed by atoms with Gasteiger partial charge in [-0.1, -0.05) is 13.8 Å². The van der Waals surface area contributed by atoms with E-state index in [0.717, 1.165) is 13.1 Å². The molecule has 0 bridgehead atoms. The van der Waals surface area contributed by atoms with Crippen molar-refractivity contribution in [2.75, 3.05) is 32.4 Å². The van der Waals surface area contributed by atoms with Gasteiger partial charge in [-0.15, -0.1) is 0 Å². The van der Waals surface area contributed by atoms with Crippen LogP contribution in [-0.4, -0.2) is 80.1 Å². The second kappa shape index (κ2) is 7.07. The van der Waals surface area contributed by atoms with E-state index in [-0.39, 0.29) is 30.1 Å². The molecule has 0 spiro atoms. The van der Waals surface area contributed by atoms with E-state index in [1.54, 1.807) is 4.90 Å². The Balaban J connectivity index is 2.10. The number of hydrogen-bond donors (Lipinski definition) is 0. The van der Waals surface area contributed by atoms with Crippen LogP contribution in [-0.2, 0) is 19.4 Å². The van der Waals surface area contributed by atoms with Crippen LogP contribution in [0.15, 0.2) is 0 Å². The van der Waals surface area contributed by atoms with Crippen molar-refractivity contribution < 1.29 is 17.9 Å². The normalized spacial score (nSPS) is 31.6. The lowest BCUT2D eigenvalue weighted by Crippen LogP contribution is -2.57. The Hall–Kier alpha value is -0.660. The largest absolute Gasteiger partial charge is 0.373 e. The average molecular weight is 346 g/mol. The van der Waals surface area contributed by atoms with Crippen molar-refractivity contribution in [2.45, 2.75) is 57.6 Å². The fourth-order valence-electron chi connectivity index (χ4n) is 3.77. The fraction of sp³-hybridized carbons (Fsp3) is 0.938. The van der Waals surface area contributed by atoms with E-state index < -0.39 is 15.1 Å². The molecule has 7 heteroatoms. The Labute approximate surface area is 140 Å². The van der Waals surface area contributed by atoms with Crippen LogP contribution in [0.1, 0.15) is 34.1 Å². The van der Waals surface area contributed by atoms with Crippen molar-refractivity contribution in [3.8, 4) is 0 Å². The lowest BCUT2D eigenvalue weighted by Gasteiger charge is -2.42. The van der Waals surface area contributed by atoms with Gasteiger partial charge in [0.25, 0.3) is 0 Å². The number of hydrogen-bond acceptors (Lipinski definition) is 5. The quantitative estimate of drug-likeness (QED) is 0.752. The molecule has 0 aromatic rings. The van der Waals surface area contributed by atoms with Gasteiger partial charge in [0.15, 0.2) is 9.84 Å². The lowest BCUT2D eigenvalue weighted by atomic mass is 9.99. The summed E-state index contributed by atoms with van der Waals surface area (Å²) < 4.78 is 29.2. The van der Waals surface area contributed by atoms with Crippen molar-refractivity contribution in [2.24, 2.45) is 5.92 Å². The van der Waals surface area contributed by atoms with Gasteiger partial charge < -0.3 is 9.64 Å². The SMILES string of the molecule is CC1CN(C(C(=O)N2CCC(S(C)(=O)=O)C2)C(C)C)CC(C)O1. The maximum Gasteiger partial charge on any atom is 0.240 e. The third kappa shape index (κ3) is 4.45. The van der Waals surface area contributed by atoms with Gasteiger partial charge in [0.1, 0.15) is 0 Å². The minimum atomic E-state index is -3.08. The van der Waals surface area contributed by atoms with E-state index in [1.807, 2.05) is 13.8 Å². The summed E-state index contributed by atoms with van der Waals surface area (Å²) in [6.45, 7) is 10.5. The number of carbonyl (C=O) groups is 1. The summed E-state index contributed by atoms with van der Waals surface area (Å²) in [7, 11) is -3.08. The molecule has 0 aliphatic carbocycles. The number of sulfone groups is 1. The highest BCUT2D eigenvalue weighted by atomic mass is 32.2. The number of likely N-dealkylation sites (tertiary alicyclic amines) is 1. The average Bonchev–Trinajstić information content (AvgIpc) is 2.86.